The first-order valence-corrected chi connectivity index (χ1v) is 7.81. The van der Waals surface area contributed by atoms with Crippen LogP contribution in [0.2, 0.25) is 0 Å². The highest BCUT2D eigenvalue weighted by Crippen LogP contribution is 2.31. The van der Waals surface area contributed by atoms with Gasteiger partial charge in [0.1, 0.15) is 0 Å². The molecule has 1 aromatic carbocycles. The number of hydrogen-bond acceptors (Lipinski definition) is 3. The third-order valence-electron chi connectivity index (χ3n) is 3.51. The number of benzene rings is 1. The van der Waals surface area contributed by atoms with E-state index >= 15 is 0 Å². The number of aliphatic hydroxyl groups is 1. The summed E-state index contributed by atoms with van der Waals surface area (Å²) in [5.74, 6) is 0. The fourth-order valence-corrected chi connectivity index (χ4v) is 2.98. The zero-order valence-corrected chi connectivity index (χ0v) is 12.8. The lowest BCUT2D eigenvalue weighted by atomic mass is 9.88. The molecular weight excluding hydrogens is 306 g/mol. The van der Waals surface area contributed by atoms with Gasteiger partial charge >= 0.3 is 0 Å². The van der Waals surface area contributed by atoms with Crippen LogP contribution in [0.4, 0.5) is 0 Å². The average Bonchev–Trinajstić information content (AvgIpc) is 2.43. The Morgan fingerprint density at radius 1 is 1.37 bits per heavy atom. The van der Waals surface area contributed by atoms with Crippen molar-refractivity contribution in [1.29, 1.82) is 0 Å². The van der Waals surface area contributed by atoms with Crippen LogP contribution in [0.5, 0.6) is 0 Å². The third kappa shape index (κ3) is 4.56. The number of rotatable bonds is 7. The SMILES string of the molecule is OCCOCCCNC1CCCc2ccc(Br)cc21. The van der Waals surface area contributed by atoms with Crippen molar-refractivity contribution in [2.45, 2.75) is 31.7 Å². The van der Waals surface area contributed by atoms with E-state index in [1.165, 1.54) is 30.4 Å². The Morgan fingerprint density at radius 2 is 2.26 bits per heavy atom. The van der Waals surface area contributed by atoms with Gasteiger partial charge in [0.05, 0.1) is 13.2 Å². The van der Waals surface area contributed by atoms with Gasteiger partial charge in [-0.2, -0.15) is 0 Å². The van der Waals surface area contributed by atoms with Gasteiger partial charge < -0.3 is 15.2 Å². The molecule has 0 amide bonds. The van der Waals surface area contributed by atoms with Gasteiger partial charge in [-0.3, -0.25) is 0 Å². The summed E-state index contributed by atoms with van der Waals surface area (Å²) in [7, 11) is 0. The van der Waals surface area contributed by atoms with Crippen molar-refractivity contribution in [2.24, 2.45) is 0 Å². The Balaban J connectivity index is 1.80. The largest absolute Gasteiger partial charge is 0.394 e. The molecule has 0 saturated heterocycles. The molecule has 1 aliphatic rings. The number of aliphatic hydroxyl groups excluding tert-OH is 1. The van der Waals surface area contributed by atoms with Crippen molar-refractivity contribution in [3.05, 3.63) is 33.8 Å². The summed E-state index contributed by atoms with van der Waals surface area (Å²) in [5.41, 5.74) is 2.92. The summed E-state index contributed by atoms with van der Waals surface area (Å²) in [6.45, 7) is 2.23. The standard InChI is InChI=1S/C15H22BrNO2/c16-13-6-5-12-3-1-4-15(14(12)11-13)17-7-2-9-19-10-8-18/h5-6,11,15,17-18H,1-4,7-10H2. The third-order valence-corrected chi connectivity index (χ3v) is 4.01. The van der Waals surface area contributed by atoms with Crippen LogP contribution in [0.25, 0.3) is 0 Å². The van der Waals surface area contributed by atoms with E-state index in [1.807, 2.05) is 0 Å². The molecule has 0 spiro atoms. The molecule has 0 saturated carbocycles. The van der Waals surface area contributed by atoms with Crippen molar-refractivity contribution in [2.75, 3.05) is 26.4 Å². The molecule has 1 atom stereocenters. The molecule has 3 nitrogen and oxygen atoms in total. The molecule has 0 bridgehead atoms. The lowest BCUT2D eigenvalue weighted by Gasteiger charge is -2.26. The van der Waals surface area contributed by atoms with Gasteiger partial charge in [-0.1, -0.05) is 22.0 Å². The lowest BCUT2D eigenvalue weighted by molar-refractivity contribution is 0.0903. The van der Waals surface area contributed by atoms with E-state index in [4.69, 9.17) is 9.84 Å². The molecule has 0 radical (unpaired) electrons. The molecule has 0 fully saturated rings. The first kappa shape index (κ1) is 15.0. The summed E-state index contributed by atoms with van der Waals surface area (Å²) in [6.07, 6.45) is 4.65. The first-order valence-electron chi connectivity index (χ1n) is 7.01. The molecule has 0 heterocycles. The molecule has 106 valence electrons. The summed E-state index contributed by atoms with van der Waals surface area (Å²) in [4.78, 5) is 0. The zero-order valence-electron chi connectivity index (χ0n) is 11.2. The zero-order chi connectivity index (χ0) is 13.5. The maximum atomic E-state index is 8.62. The quantitative estimate of drug-likeness (QED) is 0.757. The van der Waals surface area contributed by atoms with E-state index in [2.05, 4.69) is 39.4 Å². The first-order chi connectivity index (χ1) is 9.31. The minimum absolute atomic E-state index is 0.109. The highest BCUT2D eigenvalue weighted by atomic mass is 79.9. The number of halogens is 1. The fourth-order valence-electron chi connectivity index (χ4n) is 2.60. The van der Waals surface area contributed by atoms with Gasteiger partial charge in [0.25, 0.3) is 0 Å². The summed E-state index contributed by atoms with van der Waals surface area (Å²) in [5, 5.41) is 12.2. The van der Waals surface area contributed by atoms with Crippen molar-refractivity contribution in [3.63, 3.8) is 0 Å². The Labute approximate surface area is 123 Å². The van der Waals surface area contributed by atoms with Crippen LogP contribution in [0, 0.1) is 0 Å². The van der Waals surface area contributed by atoms with Crippen LogP contribution in [0.1, 0.15) is 36.4 Å². The fraction of sp³-hybridized carbons (Fsp3) is 0.600. The highest BCUT2D eigenvalue weighted by molar-refractivity contribution is 9.10. The van der Waals surface area contributed by atoms with Crippen LogP contribution >= 0.6 is 15.9 Å². The number of ether oxygens (including phenoxy) is 1. The van der Waals surface area contributed by atoms with Crippen molar-refractivity contribution < 1.29 is 9.84 Å². The van der Waals surface area contributed by atoms with Crippen LogP contribution in [0.15, 0.2) is 22.7 Å². The Kier molecular flexibility index (Phi) is 6.31. The van der Waals surface area contributed by atoms with Crippen molar-refractivity contribution in [1.82, 2.24) is 5.32 Å². The van der Waals surface area contributed by atoms with Crippen LogP contribution < -0.4 is 5.32 Å². The molecule has 1 unspecified atom stereocenters. The Bertz CT molecular complexity index is 398. The number of fused-ring (bicyclic) bond motifs is 1. The normalized spacial score (nSPS) is 18.3. The lowest BCUT2D eigenvalue weighted by Crippen LogP contribution is -2.26. The molecule has 2 rings (SSSR count). The van der Waals surface area contributed by atoms with E-state index in [1.54, 1.807) is 0 Å². The molecule has 2 N–H and O–H groups in total. The average molecular weight is 328 g/mol. The van der Waals surface area contributed by atoms with Crippen LogP contribution in [-0.4, -0.2) is 31.5 Å². The molecule has 4 heteroatoms. The summed E-state index contributed by atoms with van der Waals surface area (Å²) < 4.78 is 6.42. The number of nitrogens with one attached hydrogen (secondary N) is 1. The Hall–Kier alpha value is -0.420. The van der Waals surface area contributed by atoms with E-state index in [0.29, 0.717) is 19.3 Å². The molecule has 0 aliphatic heterocycles. The van der Waals surface area contributed by atoms with E-state index in [-0.39, 0.29) is 6.61 Å². The number of aryl methyl sites for hydroxylation is 1. The van der Waals surface area contributed by atoms with E-state index in [0.717, 1.165) is 17.4 Å². The van der Waals surface area contributed by atoms with Gasteiger partial charge in [-0.25, -0.2) is 0 Å². The minimum atomic E-state index is 0.109. The molecule has 1 aromatic rings. The Morgan fingerprint density at radius 3 is 3.11 bits per heavy atom. The molecular formula is C15H22BrNO2. The van der Waals surface area contributed by atoms with Gasteiger partial charge in [0, 0.05) is 17.1 Å². The predicted octanol–water partition coefficient (Wildman–Crippen LogP) is 2.82. The summed E-state index contributed by atoms with van der Waals surface area (Å²) >= 11 is 3.56. The predicted molar refractivity (Wildman–Crippen MR) is 80.3 cm³/mol. The van der Waals surface area contributed by atoms with Crippen LogP contribution in [0.3, 0.4) is 0 Å². The molecule has 1 aliphatic carbocycles. The smallest absolute Gasteiger partial charge is 0.0697 e. The maximum absolute atomic E-state index is 8.62. The minimum Gasteiger partial charge on any atom is -0.394 e. The van der Waals surface area contributed by atoms with E-state index in [9.17, 15) is 0 Å². The monoisotopic (exact) mass is 327 g/mol. The van der Waals surface area contributed by atoms with Crippen molar-refractivity contribution >= 4 is 15.9 Å². The van der Waals surface area contributed by atoms with Gasteiger partial charge in [-0.15, -0.1) is 0 Å². The van der Waals surface area contributed by atoms with Gasteiger partial charge in [0.15, 0.2) is 0 Å². The topological polar surface area (TPSA) is 41.5 Å². The summed E-state index contributed by atoms with van der Waals surface area (Å²) in [6, 6.07) is 7.08. The van der Waals surface area contributed by atoms with Crippen molar-refractivity contribution in [3.8, 4) is 0 Å². The second kappa shape index (κ2) is 8.00. The number of hydrogen-bond donors (Lipinski definition) is 2. The van der Waals surface area contributed by atoms with E-state index < -0.39 is 0 Å². The molecule has 0 aromatic heterocycles. The maximum Gasteiger partial charge on any atom is 0.0697 e. The van der Waals surface area contributed by atoms with Gasteiger partial charge in [-0.05, 0) is 55.5 Å². The second-order valence-corrected chi connectivity index (χ2v) is 5.85. The second-order valence-electron chi connectivity index (χ2n) is 4.93. The van der Waals surface area contributed by atoms with Crippen LogP contribution in [-0.2, 0) is 11.2 Å². The molecule has 19 heavy (non-hydrogen) atoms. The highest BCUT2D eigenvalue weighted by Gasteiger charge is 2.19. The van der Waals surface area contributed by atoms with Gasteiger partial charge in [0.2, 0.25) is 0 Å².